The second kappa shape index (κ2) is 13.6. The van der Waals surface area contributed by atoms with Crippen molar-refractivity contribution in [2.45, 2.75) is 67.8 Å². The van der Waals surface area contributed by atoms with Gasteiger partial charge in [0.2, 0.25) is 10.0 Å². The molecule has 1 saturated heterocycles. The molecule has 1 heterocycles. The molecule has 1 unspecified atom stereocenters. The Bertz CT molecular complexity index is 1960. The van der Waals surface area contributed by atoms with Gasteiger partial charge in [0.15, 0.2) is 5.60 Å². The minimum absolute atomic E-state index is 0.121. The summed E-state index contributed by atoms with van der Waals surface area (Å²) in [6.45, 7) is 7.82. The zero-order chi connectivity index (χ0) is 34.0. The van der Waals surface area contributed by atoms with Crippen LogP contribution in [0.4, 0.5) is 4.39 Å². The Morgan fingerprint density at radius 2 is 1.55 bits per heavy atom. The van der Waals surface area contributed by atoms with Crippen LogP contribution in [0.2, 0.25) is 0 Å². The first kappa shape index (κ1) is 34.3. The highest BCUT2D eigenvalue weighted by Crippen LogP contribution is 2.34. The highest BCUT2D eigenvalue weighted by Gasteiger charge is 2.35. The fourth-order valence-electron chi connectivity index (χ4n) is 5.57. The smallest absolute Gasteiger partial charge is 0.277 e. The van der Waals surface area contributed by atoms with Crippen LogP contribution in [0.3, 0.4) is 0 Å². The van der Waals surface area contributed by atoms with Crippen molar-refractivity contribution in [2.75, 3.05) is 13.1 Å². The highest BCUT2D eigenvalue weighted by atomic mass is 32.2. The minimum atomic E-state index is -4.25. The van der Waals surface area contributed by atoms with E-state index in [1.807, 2.05) is 29.0 Å². The Hall–Kier alpha value is -4.06. The van der Waals surface area contributed by atoms with E-state index in [0.717, 1.165) is 47.4 Å². The van der Waals surface area contributed by atoms with Crippen LogP contribution in [-0.4, -0.2) is 45.7 Å². The maximum Gasteiger partial charge on any atom is 0.277 e. The maximum atomic E-state index is 13.8. The third kappa shape index (κ3) is 7.91. The molecule has 1 aliphatic rings. The van der Waals surface area contributed by atoms with Crippen LogP contribution in [0.25, 0.3) is 11.1 Å². The summed E-state index contributed by atoms with van der Waals surface area (Å²) < 4.78 is 75.8. The van der Waals surface area contributed by atoms with E-state index >= 15 is 0 Å². The lowest BCUT2D eigenvalue weighted by Crippen LogP contribution is -2.48. The Balaban J connectivity index is 1.29. The van der Waals surface area contributed by atoms with Crippen LogP contribution in [-0.2, 0) is 24.8 Å². The zero-order valence-corrected chi connectivity index (χ0v) is 28.4. The number of piperidine rings is 1. The lowest BCUT2D eigenvalue weighted by atomic mass is 9.91. The molecule has 8 nitrogen and oxygen atoms in total. The quantitative estimate of drug-likeness (QED) is 0.197. The average Bonchev–Trinajstić information content (AvgIpc) is 3.05. The molecular weight excluding hydrogens is 640 g/mol. The SMILES string of the molecule is CC(C)c1ccc(-c2cccc(S(=O)(=O)N3CCCC(c4cccc(OC(C)(C)C(=O)NS(=O)(=O)c5ccc(F)cc5)c4)C3)c2)cc1. The minimum Gasteiger partial charge on any atom is -0.478 e. The largest absolute Gasteiger partial charge is 0.478 e. The molecule has 1 fully saturated rings. The van der Waals surface area contributed by atoms with E-state index < -0.39 is 37.4 Å². The van der Waals surface area contributed by atoms with Gasteiger partial charge in [-0.05, 0) is 109 Å². The molecule has 248 valence electrons. The van der Waals surface area contributed by atoms with Crippen molar-refractivity contribution in [3.63, 3.8) is 0 Å². The molecule has 1 amide bonds. The van der Waals surface area contributed by atoms with Crippen molar-refractivity contribution in [3.8, 4) is 16.9 Å². The molecule has 0 radical (unpaired) electrons. The number of hydrogen-bond acceptors (Lipinski definition) is 6. The van der Waals surface area contributed by atoms with Crippen LogP contribution in [0.15, 0.2) is 107 Å². The van der Waals surface area contributed by atoms with Crippen LogP contribution >= 0.6 is 0 Å². The predicted octanol–water partition coefficient (Wildman–Crippen LogP) is 6.85. The molecule has 1 atom stereocenters. The Morgan fingerprint density at radius 1 is 0.872 bits per heavy atom. The molecule has 4 aromatic carbocycles. The Labute approximate surface area is 276 Å². The van der Waals surface area contributed by atoms with Gasteiger partial charge < -0.3 is 4.74 Å². The van der Waals surface area contributed by atoms with Crippen molar-refractivity contribution in [1.29, 1.82) is 0 Å². The number of hydrogen-bond donors (Lipinski definition) is 1. The molecule has 0 aromatic heterocycles. The average molecular weight is 679 g/mol. The third-order valence-corrected chi connectivity index (χ3v) is 11.6. The summed E-state index contributed by atoms with van der Waals surface area (Å²) in [5.74, 6) is -0.892. The number of ether oxygens (including phenoxy) is 1. The number of nitrogens with zero attached hydrogens (tertiary/aromatic N) is 1. The van der Waals surface area contributed by atoms with Gasteiger partial charge in [-0.3, -0.25) is 4.79 Å². The molecule has 0 spiro atoms. The van der Waals surface area contributed by atoms with E-state index in [4.69, 9.17) is 4.74 Å². The number of benzene rings is 4. The first-order valence-corrected chi connectivity index (χ1v) is 18.4. The lowest BCUT2D eigenvalue weighted by Gasteiger charge is -2.32. The van der Waals surface area contributed by atoms with E-state index in [-0.39, 0.29) is 22.3 Å². The monoisotopic (exact) mass is 678 g/mol. The Kier molecular flexibility index (Phi) is 9.91. The van der Waals surface area contributed by atoms with Crippen LogP contribution in [0, 0.1) is 5.82 Å². The van der Waals surface area contributed by atoms with Gasteiger partial charge in [0.1, 0.15) is 11.6 Å². The summed E-state index contributed by atoms with van der Waals surface area (Å²) in [7, 11) is -8.03. The van der Waals surface area contributed by atoms with Crippen LogP contribution < -0.4 is 9.46 Å². The van der Waals surface area contributed by atoms with Crippen molar-refractivity contribution in [1.82, 2.24) is 9.03 Å². The molecule has 0 aliphatic carbocycles. The molecule has 0 saturated carbocycles. The topological polar surface area (TPSA) is 110 Å². The van der Waals surface area contributed by atoms with Crippen LogP contribution in [0.5, 0.6) is 5.75 Å². The van der Waals surface area contributed by atoms with Gasteiger partial charge in [-0.15, -0.1) is 0 Å². The van der Waals surface area contributed by atoms with E-state index in [2.05, 4.69) is 26.0 Å². The first-order chi connectivity index (χ1) is 22.2. The molecule has 4 aromatic rings. The second-order valence-electron chi connectivity index (χ2n) is 12.6. The molecule has 0 bridgehead atoms. The second-order valence-corrected chi connectivity index (χ2v) is 16.2. The summed E-state index contributed by atoms with van der Waals surface area (Å²) in [5, 5.41) is 0. The van der Waals surface area contributed by atoms with Crippen molar-refractivity contribution < 1.29 is 30.8 Å². The predicted molar refractivity (Wildman–Crippen MR) is 180 cm³/mol. The van der Waals surface area contributed by atoms with Gasteiger partial charge in [-0.2, -0.15) is 4.31 Å². The number of rotatable bonds is 10. The zero-order valence-electron chi connectivity index (χ0n) is 26.8. The summed E-state index contributed by atoms with van der Waals surface area (Å²) in [6.07, 6.45) is 1.43. The number of nitrogens with one attached hydrogen (secondary N) is 1. The Morgan fingerprint density at radius 3 is 2.23 bits per heavy atom. The highest BCUT2D eigenvalue weighted by molar-refractivity contribution is 7.90. The van der Waals surface area contributed by atoms with Gasteiger partial charge in [0, 0.05) is 13.1 Å². The van der Waals surface area contributed by atoms with E-state index in [9.17, 15) is 26.0 Å². The van der Waals surface area contributed by atoms with E-state index in [1.165, 1.54) is 23.7 Å². The molecule has 5 rings (SSSR count). The van der Waals surface area contributed by atoms with Crippen molar-refractivity contribution in [2.24, 2.45) is 0 Å². The third-order valence-electron chi connectivity index (χ3n) is 8.37. The first-order valence-electron chi connectivity index (χ1n) is 15.5. The normalized spacial score (nSPS) is 16.2. The van der Waals surface area contributed by atoms with Crippen molar-refractivity contribution in [3.05, 3.63) is 114 Å². The van der Waals surface area contributed by atoms with E-state index in [0.29, 0.717) is 24.6 Å². The van der Waals surface area contributed by atoms with Crippen LogP contribution in [0.1, 0.15) is 63.5 Å². The number of halogens is 1. The summed E-state index contributed by atoms with van der Waals surface area (Å²) >= 11 is 0. The number of amides is 1. The van der Waals surface area contributed by atoms with Gasteiger partial charge in [-0.25, -0.2) is 25.9 Å². The summed E-state index contributed by atoms with van der Waals surface area (Å²) in [4.78, 5) is 13.0. The summed E-state index contributed by atoms with van der Waals surface area (Å²) in [5.41, 5.74) is 2.25. The number of carbonyl (C=O) groups is 1. The van der Waals surface area contributed by atoms with E-state index in [1.54, 1.807) is 36.4 Å². The van der Waals surface area contributed by atoms with Gasteiger partial charge in [-0.1, -0.05) is 62.4 Å². The molecule has 1 aliphatic heterocycles. The fraction of sp³-hybridized carbons (Fsp3) is 0.306. The number of sulfonamides is 2. The standard InChI is InChI=1S/C36H39FN2O6S2/c1-25(2)26-13-15-27(16-14-26)29-9-6-12-34(23-29)47(43,44)39-21-7-10-30(24-39)28-8-5-11-32(22-28)45-36(3,4)35(40)38-46(41,42)33-19-17-31(37)18-20-33/h5-6,8-9,11-20,22-23,25,30H,7,10,21,24H2,1-4H3,(H,38,40). The molecule has 47 heavy (non-hydrogen) atoms. The van der Waals surface area contributed by atoms with Gasteiger partial charge in [0.05, 0.1) is 9.79 Å². The number of carbonyl (C=O) groups excluding carboxylic acids is 1. The molecular formula is C36H39FN2O6S2. The summed E-state index contributed by atoms with van der Waals surface area (Å²) in [6, 6.07) is 26.4. The molecule has 1 N–H and O–H groups in total. The fourth-order valence-corrected chi connectivity index (χ4v) is 8.24. The maximum absolute atomic E-state index is 13.8. The lowest BCUT2D eigenvalue weighted by molar-refractivity contribution is -0.132. The van der Waals surface area contributed by atoms with Gasteiger partial charge >= 0.3 is 0 Å². The van der Waals surface area contributed by atoms with Crippen molar-refractivity contribution >= 4 is 26.0 Å². The molecule has 11 heteroatoms. The van der Waals surface area contributed by atoms with Gasteiger partial charge in [0.25, 0.3) is 15.9 Å².